The van der Waals surface area contributed by atoms with Crippen molar-refractivity contribution in [1.82, 2.24) is 10.1 Å². The molecular weight excluding hydrogens is 222 g/mol. The second-order valence-corrected chi connectivity index (χ2v) is 7.47. The fourth-order valence-electron chi connectivity index (χ4n) is 1.09. The molecule has 0 radical (unpaired) electrons. The first-order valence-corrected chi connectivity index (χ1v) is 6.39. The zero-order chi connectivity index (χ0) is 12.4. The maximum absolute atomic E-state index is 5.89. The Kier molecular flexibility index (Phi) is 4.02. The topological polar surface area (TPSA) is 64.9 Å². The van der Waals surface area contributed by atoms with Crippen LogP contribution in [0.3, 0.4) is 0 Å². The molecular formula is C11H21N3OS. The summed E-state index contributed by atoms with van der Waals surface area (Å²) < 4.78 is 5.37. The van der Waals surface area contributed by atoms with Crippen LogP contribution in [0.1, 0.15) is 46.3 Å². The van der Waals surface area contributed by atoms with Crippen molar-refractivity contribution < 1.29 is 4.52 Å². The Morgan fingerprint density at radius 3 is 2.38 bits per heavy atom. The van der Waals surface area contributed by atoms with E-state index in [1.54, 1.807) is 11.8 Å². The first-order chi connectivity index (χ1) is 7.16. The maximum Gasteiger partial charge on any atom is 0.228 e. The highest BCUT2D eigenvalue weighted by Gasteiger charge is 2.18. The number of thioether (sulfide) groups is 1. The second kappa shape index (κ2) is 4.75. The molecule has 0 amide bonds. The lowest BCUT2D eigenvalue weighted by Crippen LogP contribution is -2.34. The Morgan fingerprint density at radius 2 is 1.88 bits per heavy atom. The Morgan fingerprint density at radius 1 is 1.25 bits per heavy atom. The Hall–Kier alpha value is -0.550. The number of nitrogens with two attached hydrogens (primary N) is 1. The zero-order valence-corrected chi connectivity index (χ0v) is 11.5. The smallest absolute Gasteiger partial charge is 0.228 e. The molecule has 1 heterocycles. The second-order valence-electron chi connectivity index (χ2n) is 5.67. The van der Waals surface area contributed by atoms with E-state index in [0.29, 0.717) is 12.3 Å². The standard InChI is InChI=1S/C11H21N3OS/c1-10(2,3)16-7-8-13-9(15-14-8)6-11(4,5)12/h6-7,12H2,1-5H3. The van der Waals surface area contributed by atoms with Crippen molar-refractivity contribution >= 4 is 11.8 Å². The van der Waals surface area contributed by atoms with Crippen molar-refractivity contribution in [3.63, 3.8) is 0 Å². The van der Waals surface area contributed by atoms with Crippen LogP contribution in [0.5, 0.6) is 0 Å². The largest absolute Gasteiger partial charge is 0.339 e. The Bertz CT molecular complexity index is 336. The van der Waals surface area contributed by atoms with Crippen LogP contribution < -0.4 is 5.73 Å². The van der Waals surface area contributed by atoms with Crippen molar-refractivity contribution in [1.29, 1.82) is 0 Å². The molecule has 16 heavy (non-hydrogen) atoms. The van der Waals surface area contributed by atoms with E-state index in [4.69, 9.17) is 10.3 Å². The predicted molar refractivity (Wildman–Crippen MR) is 67.3 cm³/mol. The van der Waals surface area contributed by atoms with Gasteiger partial charge in [-0.05, 0) is 13.8 Å². The van der Waals surface area contributed by atoms with Gasteiger partial charge in [0.2, 0.25) is 5.89 Å². The van der Waals surface area contributed by atoms with Gasteiger partial charge >= 0.3 is 0 Å². The molecule has 0 bridgehead atoms. The monoisotopic (exact) mass is 243 g/mol. The summed E-state index contributed by atoms with van der Waals surface area (Å²) in [5.41, 5.74) is 5.58. The van der Waals surface area contributed by atoms with Gasteiger partial charge in [-0.2, -0.15) is 4.98 Å². The zero-order valence-electron chi connectivity index (χ0n) is 10.7. The number of hydrogen-bond acceptors (Lipinski definition) is 5. The number of nitrogens with zero attached hydrogens (tertiary/aromatic N) is 2. The minimum absolute atomic E-state index is 0.216. The van der Waals surface area contributed by atoms with Crippen LogP contribution in [-0.4, -0.2) is 20.4 Å². The van der Waals surface area contributed by atoms with Gasteiger partial charge in [-0.25, -0.2) is 0 Å². The molecule has 0 unspecified atom stereocenters. The van der Waals surface area contributed by atoms with E-state index in [1.807, 2.05) is 13.8 Å². The van der Waals surface area contributed by atoms with Gasteiger partial charge in [-0.15, -0.1) is 11.8 Å². The number of hydrogen-bond donors (Lipinski definition) is 1. The first kappa shape index (κ1) is 13.5. The fourth-order valence-corrected chi connectivity index (χ4v) is 1.77. The Balaban J connectivity index is 2.52. The van der Waals surface area contributed by atoms with Crippen LogP contribution in [0.2, 0.25) is 0 Å². The average molecular weight is 243 g/mol. The first-order valence-electron chi connectivity index (χ1n) is 5.40. The normalized spacial score (nSPS) is 13.1. The van der Waals surface area contributed by atoms with Crippen molar-refractivity contribution in [3.8, 4) is 0 Å². The fraction of sp³-hybridized carbons (Fsp3) is 0.818. The van der Waals surface area contributed by atoms with E-state index < -0.39 is 0 Å². The molecule has 0 atom stereocenters. The highest BCUT2D eigenvalue weighted by atomic mass is 32.2. The van der Waals surface area contributed by atoms with E-state index in [2.05, 4.69) is 30.9 Å². The molecule has 0 aliphatic carbocycles. The molecule has 0 spiro atoms. The van der Waals surface area contributed by atoms with Gasteiger partial charge in [-0.1, -0.05) is 25.9 Å². The Labute approximate surface area is 101 Å². The summed E-state index contributed by atoms with van der Waals surface area (Å²) in [4.78, 5) is 4.32. The molecule has 0 fully saturated rings. The van der Waals surface area contributed by atoms with Crippen molar-refractivity contribution in [2.24, 2.45) is 5.73 Å². The number of rotatable bonds is 4. The summed E-state index contributed by atoms with van der Waals surface area (Å²) in [6, 6.07) is 0. The number of aromatic nitrogens is 2. The minimum Gasteiger partial charge on any atom is -0.339 e. The molecule has 0 aliphatic rings. The molecule has 1 aromatic rings. The molecule has 0 aromatic carbocycles. The highest BCUT2D eigenvalue weighted by molar-refractivity contribution is 7.99. The van der Waals surface area contributed by atoms with Gasteiger partial charge in [0.25, 0.3) is 0 Å². The summed E-state index contributed by atoms with van der Waals surface area (Å²) in [6.07, 6.45) is 0.611. The molecule has 1 aromatic heterocycles. The SMILES string of the molecule is CC(C)(N)Cc1nc(CSC(C)(C)C)no1. The minimum atomic E-state index is -0.305. The average Bonchev–Trinajstić information content (AvgIpc) is 2.44. The summed E-state index contributed by atoms with van der Waals surface area (Å²) in [5.74, 6) is 2.15. The van der Waals surface area contributed by atoms with Crippen molar-refractivity contribution in [2.45, 2.75) is 57.1 Å². The lowest BCUT2D eigenvalue weighted by atomic mass is 10.0. The summed E-state index contributed by atoms with van der Waals surface area (Å²) in [5, 5.41) is 3.94. The molecule has 2 N–H and O–H groups in total. The third-order valence-corrected chi connectivity index (χ3v) is 3.02. The molecule has 1 rings (SSSR count). The van der Waals surface area contributed by atoms with E-state index in [9.17, 15) is 0 Å². The summed E-state index contributed by atoms with van der Waals surface area (Å²) >= 11 is 1.80. The molecule has 92 valence electrons. The van der Waals surface area contributed by atoms with Crippen LogP contribution >= 0.6 is 11.8 Å². The van der Waals surface area contributed by atoms with Crippen LogP contribution in [0.4, 0.5) is 0 Å². The van der Waals surface area contributed by atoms with Gasteiger partial charge in [0, 0.05) is 16.7 Å². The highest BCUT2D eigenvalue weighted by Crippen LogP contribution is 2.26. The van der Waals surface area contributed by atoms with Crippen molar-refractivity contribution in [2.75, 3.05) is 0 Å². The molecule has 5 heteroatoms. The van der Waals surface area contributed by atoms with E-state index in [1.165, 1.54) is 0 Å². The molecule has 0 saturated carbocycles. The molecule has 0 saturated heterocycles. The van der Waals surface area contributed by atoms with Gasteiger partial charge in [0.1, 0.15) is 0 Å². The summed E-state index contributed by atoms with van der Waals surface area (Å²) in [6.45, 7) is 10.4. The summed E-state index contributed by atoms with van der Waals surface area (Å²) in [7, 11) is 0. The van der Waals surface area contributed by atoms with Crippen LogP contribution in [-0.2, 0) is 12.2 Å². The van der Waals surface area contributed by atoms with E-state index in [0.717, 1.165) is 11.6 Å². The third-order valence-electron chi connectivity index (χ3n) is 1.75. The maximum atomic E-state index is 5.89. The van der Waals surface area contributed by atoms with E-state index >= 15 is 0 Å². The molecule has 0 aliphatic heterocycles. The van der Waals surface area contributed by atoms with Gasteiger partial charge in [-0.3, -0.25) is 0 Å². The lowest BCUT2D eigenvalue weighted by molar-refractivity contribution is 0.345. The predicted octanol–water partition coefficient (Wildman–Crippen LogP) is 2.38. The van der Waals surface area contributed by atoms with Crippen LogP contribution in [0.15, 0.2) is 4.52 Å². The van der Waals surface area contributed by atoms with Gasteiger partial charge in [0.15, 0.2) is 5.82 Å². The quantitative estimate of drug-likeness (QED) is 0.879. The van der Waals surface area contributed by atoms with E-state index in [-0.39, 0.29) is 10.3 Å². The van der Waals surface area contributed by atoms with Crippen molar-refractivity contribution in [3.05, 3.63) is 11.7 Å². The van der Waals surface area contributed by atoms with Gasteiger partial charge in [0.05, 0.1) is 5.75 Å². The molecule has 4 nitrogen and oxygen atoms in total. The third kappa shape index (κ3) is 5.51. The van der Waals surface area contributed by atoms with Gasteiger partial charge < -0.3 is 10.3 Å². The van der Waals surface area contributed by atoms with Crippen LogP contribution in [0.25, 0.3) is 0 Å². The lowest BCUT2D eigenvalue weighted by Gasteiger charge is -2.15. The van der Waals surface area contributed by atoms with Crippen LogP contribution in [0, 0.1) is 0 Å².